The van der Waals surface area contributed by atoms with Gasteiger partial charge in [0.2, 0.25) is 10.0 Å². The molecule has 0 spiro atoms. The average Bonchev–Trinajstić information content (AvgIpc) is 2.90. The van der Waals surface area contributed by atoms with E-state index in [4.69, 9.17) is 5.14 Å². The van der Waals surface area contributed by atoms with Crippen LogP contribution in [0.5, 0.6) is 0 Å². The molecule has 0 aliphatic carbocycles. The minimum atomic E-state index is -3.85. The van der Waals surface area contributed by atoms with Crippen molar-refractivity contribution < 1.29 is 13.2 Å². The summed E-state index contributed by atoms with van der Waals surface area (Å²) < 4.78 is 25.0. The molecule has 0 radical (unpaired) electrons. The highest BCUT2D eigenvalue weighted by Gasteiger charge is 2.15. The number of carbonyl (C=O) groups is 1. The van der Waals surface area contributed by atoms with Crippen LogP contribution in [0.3, 0.4) is 0 Å². The molecule has 0 aliphatic rings. The molecule has 1 heterocycles. The smallest absolute Gasteiger partial charge is 0.251 e. The van der Waals surface area contributed by atoms with Gasteiger partial charge in [0.25, 0.3) is 5.91 Å². The first kappa shape index (κ1) is 18.1. The normalized spacial score (nSPS) is 11.7. The molecule has 0 aliphatic heterocycles. The predicted molar refractivity (Wildman–Crippen MR) is 99.4 cm³/mol. The maximum atomic E-state index is 12.5. The second kappa shape index (κ2) is 6.89. The van der Waals surface area contributed by atoms with Gasteiger partial charge in [-0.25, -0.2) is 18.5 Å². The average molecular weight is 372 g/mol. The molecule has 3 aromatic rings. The number of para-hydroxylation sites is 2. The fourth-order valence-corrected chi connectivity index (χ4v) is 3.42. The lowest BCUT2D eigenvalue weighted by molar-refractivity contribution is 0.0951. The third-order valence-corrected chi connectivity index (χ3v) is 5.16. The van der Waals surface area contributed by atoms with Crippen LogP contribution in [-0.4, -0.2) is 30.4 Å². The van der Waals surface area contributed by atoms with Crippen molar-refractivity contribution in [2.45, 2.75) is 25.3 Å². The predicted octanol–water partition coefficient (Wildman–Crippen LogP) is 1.73. The molecule has 8 heteroatoms. The highest BCUT2D eigenvalue weighted by atomic mass is 32.2. The summed E-state index contributed by atoms with van der Waals surface area (Å²) in [6, 6.07) is 12.1. The number of hydrogen-bond acceptors (Lipinski definition) is 4. The second-order valence-corrected chi connectivity index (χ2v) is 7.64. The summed E-state index contributed by atoms with van der Waals surface area (Å²) in [6.45, 7) is 4.61. The number of carbonyl (C=O) groups excluding carboxylic acids is 1. The van der Waals surface area contributed by atoms with Gasteiger partial charge in [-0.1, -0.05) is 18.2 Å². The summed E-state index contributed by atoms with van der Waals surface area (Å²) in [7, 11) is -3.85. The number of nitrogens with two attached hydrogens (primary N) is 1. The molecule has 136 valence electrons. The number of rotatable bonds is 5. The van der Waals surface area contributed by atoms with E-state index in [0.717, 1.165) is 16.9 Å². The van der Waals surface area contributed by atoms with Crippen molar-refractivity contribution in [1.29, 1.82) is 0 Å². The largest absolute Gasteiger partial charge is 0.350 e. The minimum Gasteiger partial charge on any atom is -0.350 e. The lowest BCUT2D eigenvalue weighted by Gasteiger charge is -2.11. The molecule has 26 heavy (non-hydrogen) atoms. The van der Waals surface area contributed by atoms with Gasteiger partial charge in [0.1, 0.15) is 5.82 Å². The number of imidazole rings is 1. The van der Waals surface area contributed by atoms with Gasteiger partial charge >= 0.3 is 0 Å². The van der Waals surface area contributed by atoms with Crippen molar-refractivity contribution >= 4 is 27.0 Å². The molecule has 1 aromatic heterocycles. The van der Waals surface area contributed by atoms with Gasteiger partial charge in [-0.15, -0.1) is 0 Å². The Morgan fingerprint density at radius 3 is 2.65 bits per heavy atom. The summed E-state index contributed by atoms with van der Waals surface area (Å²) in [5.74, 6) is 0.530. The number of hydrogen-bond donors (Lipinski definition) is 2. The quantitative estimate of drug-likeness (QED) is 0.711. The summed E-state index contributed by atoms with van der Waals surface area (Å²) in [5, 5.41) is 7.97. The lowest BCUT2D eigenvalue weighted by Crippen LogP contribution is -2.28. The summed E-state index contributed by atoms with van der Waals surface area (Å²) in [6.07, 6.45) is 0. The fourth-order valence-electron chi connectivity index (χ4n) is 2.88. The number of nitrogens with one attached hydrogen (secondary N) is 1. The molecule has 0 saturated heterocycles. The van der Waals surface area contributed by atoms with E-state index in [9.17, 15) is 13.2 Å². The maximum Gasteiger partial charge on any atom is 0.251 e. The van der Waals surface area contributed by atoms with Gasteiger partial charge in [-0.05, 0) is 43.7 Å². The van der Waals surface area contributed by atoms with Gasteiger partial charge in [0, 0.05) is 18.7 Å². The Hall–Kier alpha value is -2.71. The zero-order valence-corrected chi connectivity index (χ0v) is 15.4. The van der Waals surface area contributed by atoms with Crippen LogP contribution in [0.1, 0.15) is 21.7 Å². The zero-order valence-electron chi connectivity index (χ0n) is 14.6. The van der Waals surface area contributed by atoms with Gasteiger partial charge < -0.3 is 9.88 Å². The molecule has 3 rings (SSSR count). The van der Waals surface area contributed by atoms with Crippen molar-refractivity contribution in [1.82, 2.24) is 14.9 Å². The third kappa shape index (κ3) is 3.61. The first-order valence-electron chi connectivity index (χ1n) is 8.11. The highest BCUT2D eigenvalue weighted by molar-refractivity contribution is 7.89. The number of fused-ring (bicyclic) bond motifs is 1. The highest BCUT2D eigenvalue weighted by Crippen LogP contribution is 2.16. The van der Waals surface area contributed by atoms with Crippen LogP contribution in [0.25, 0.3) is 11.0 Å². The number of primary sulfonamides is 1. The Labute approximate surface area is 151 Å². The number of amides is 1. The summed E-state index contributed by atoms with van der Waals surface area (Å²) >= 11 is 0. The van der Waals surface area contributed by atoms with Crippen LogP contribution >= 0.6 is 0 Å². The molecule has 3 N–H and O–H groups in total. The van der Waals surface area contributed by atoms with Crippen molar-refractivity contribution in [3.05, 3.63) is 59.4 Å². The monoisotopic (exact) mass is 372 g/mol. The molecular weight excluding hydrogens is 352 g/mol. The molecule has 0 bridgehead atoms. The summed E-state index contributed by atoms with van der Waals surface area (Å²) in [5.41, 5.74) is 2.89. The molecule has 0 atom stereocenters. The van der Waals surface area contributed by atoms with Crippen molar-refractivity contribution in [3.8, 4) is 0 Å². The van der Waals surface area contributed by atoms with E-state index < -0.39 is 10.0 Å². The van der Waals surface area contributed by atoms with Gasteiger partial charge in [-0.2, -0.15) is 0 Å². The van der Waals surface area contributed by atoms with E-state index in [1.54, 1.807) is 13.0 Å². The standard InChI is InChI=1S/C18H20N4O3S/c1-12-7-8-14(26(19,24)25)11-15(12)18(23)20-9-10-22-13(2)21-16-5-3-4-6-17(16)22/h3-8,11H,9-10H2,1-2H3,(H,20,23)(H2,19,24,25). The fraction of sp³-hybridized carbons (Fsp3) is 0.222. The molecule has 0 unspecified atom stereocenters. The van der Waals surface area contributed by atoms with Crippen molar-refractivity contribution in [2.24, 2.45) is 5.14 Å². The first-order chi connectivity index (χ1) is 12.3. The minimum absolute atomic E-state index is 0.0790. The van der Waals surface area contributed by atoms with Gasteiger partial charge in [0.05, 0.1) is 15.9 Å². The first-order valence-corrected chi connectivity index (χ1v) is 9.65. The van der Waals surface area contributed by atoms with E-state index in [-0.39, 0.29) is 10.8 Å². The molecule has 7 nitrogen and oxygen atoms in total. The zero-order chi connectivity index (χ0) is 18.9. The van der Waals surface area contributed by atoms with Crippen LogP contribution in [0.15, 0.2) is 47.4 Å². The van der Waals surface area contributed by atoms with E-state index in [1.165, 1.54) is 12.1 Å². The Kier molecular flexibility index (Phi) is 4.80. The maximum absolute atomic E-state index is 12.5. The summed E-state index contributed by atoms with van der Waals surface area (Å²) in [4.78, 5) is 16.9. The van der Waals surface area contributed by atoms with Crippen LogP contribution < -0.4 is 10.5 Å². The van der Waals surface area contributed by atoms with E-state index in [2.05, 4.69) is 10.3 Å². The number of aromatic nitrogens is 2. The van der Waals surface area contributed by atoms with Gasteiger partial charge in [-0.3, -0.25) is 4.79 Å². The Morgan fingerprint density at radius 2 is 1.92 bits per heavy atom. The van der Waals surface area contributed by atoms with E-state index in [0.29, 0.717) is 24.2 Å². The Morgan fingerprint density at radius 1 is 1.19 bits per heavy atom. The number of aryl methyl sites for hydroxylation is 2. The Bertz CT molecular complexity index is 1090. The topological polar surface area (TPSA) is 107 Å². The van der Waals surface area contributed by atoms with Crippen molar-refractivity contribution in [3.63, 3.8) is 0 Å². The van der Waals surface area contributed by atoms with Gasteiger partial charge in [0.15, 0.2) is 0 Å². The SMILES string of the molecule is Cc1ccc(S(N)(=O)=O)cc1C(=O)NCCn1c(C)nc2ccccc21. The number of nitrogens with zero attached hydrogens (tertiary/aromatic N) is 2. The van der Waals surface area contributed by atoms with Crippen LogP contribution in [0, 0.1) is 13.8 Å². The second-order valence-electron chi connectivity index (χ2n) is 6.08. The van der Waals surface area contributed by atoms with Crippen molar-refractivity contribution in [2.75, 3.05) is 6.54 Å². The Balaban J connectivity index is 1.74. The molecular formula is C18H20N4O3S. The molecule has 2 aromatic carbocycles. The van der Waals surface area contributed by atoms with Crippen LogP contribution in [0.2, 0.25) is 0 Å². The molecule has 0 fully saturated rings. The van der Waals surface area contributed by atoms with Crippen LogP contribution in [-0.2, 0) is 16.6 Å². The van der Waals surface area contributed by atoms with E-state index >= 15 is 0 Å². The molecule has 0 saturated carbocycles. The third-order valence-electron chi connectivity index (χ3n) is 4.25. The van der Waals surface area contributed by atoms with E-state index in [1.807, 2.05) is 35.8 Å². The number of benzene rings is 2. The lowest BCUT2D eigenvalue weighted by atomic mass is 10.1. The number of sulfonamides is 1. The molecule has 1 amide bonds. The van der Waals surface area contributed by atoms with Crippen LogP contribution in [0.4, 0.5) is 0 Å².